The van der Waals surface area contributed by atoms with Gasteiger partial charge in [-0.05, 0) is 31.2 Å². The molecule has 132 valence electrons. The maximum Gasteiger partial charge on any atom is 0.274 e. The van der Waals surface area contributed by atoms with Gasteiger partial charge in [0.05, 0.1) is 10.6 Å². The van der Waals surface area contributed by atoms with Gasteiger partial charge in [0, 0.05) is 33.2 Å². The molecule has 0 saturated carbocycles. The molecular weight excluding hydrogens is 376 g/mol. The summed E-state index contributed by atoms with van der Waals surface area (Å²) in [5.41, 5.74) is 1.49. The number of aryl methyl sites for hydroxylation is 1. The smallest absolute Gasteiger partial charge is 0.267 e. The quantitative estimate of drug-likeness (QED) is 0.312. The van der Waals surface area contributed by atoms with E-state index < -0.39 is 10.8 Å². The number of benzene rings is 2. The highest BCUT2D eigenvalue weighted by Gasteiger charge is 2.20. The number of carbonyl (C=O) groups excluding carboxylic acids is 1. The lowest BCUT2D eigenvalue weighted by Gasteiger charge is -2.13. The highest BCUT2D eigenvalue weighted by molar-refractivity contribution is 7.16. The number of hydrogen-bond donors (Lipinski definition) is 1. The number of nitrogens with zero attached hydrogens (tertiary/aromatic N) is 3. The largest absolute Gasteiger partial charge is 0.274 e. The lowest BCUT2D eigenvalue weighted by atomic mass is 10.1. The van der Waals surface area contributed by atoms with Crippen molar-refractivity contribution in [2.75, 3.05) is 5.01 Å². The molecule has 0 spiro atoms. The Labute approximate surface area is 157 Å². The molecule has 2 aromatic carbocycles. The van der Waals surface area contributed by atoms with Gasteiger partial charge in [0.1, 0.15) is 0 Å². The molecule has 0 aliphatic heterocycles. The standard InChI is InChI=1S/C17H13ClN4O3S/c1-10-15(12-3-2-4-14(9-12)22(24)25)20-17(26-10)21(19)16(23)11-5-7-13(18)8-6-11/h2-9H,19H2,1H3. The second-order valence-electron chi connectivity index (χ2n) is 5.39. The van der Waals surface area contributed by atoms with E-state index in [0.717, 1.165) is 9.89 Å². The van der Waals surface area contributed by atoms with Crippen molar-refractivity contribution >= 4 is 39.7 Å². The number of anilines is 1. The average molecular weight is 389 g/mol. The van der Waals surface area contributed by atoms with E-state index in [-0.39, 0.29) is 5.69 Å². The van der Waals surface area contributed by atoms with Crippen LogP contribution in [0.3, 0.4) is 0 Å². The van der Waals surface area contributed by atoms with Gasteiger partial charge in [-0.25, -0.2) is 15.8 Å². The molecule has 1 aromatic heterocycles. The maximum absolute atomic E-state index is 12.5. The van der Waals surface area contributed by atoms with Gasteiger partial charge in [0.15, 0.2) is 0 Å². The van der Waals surface area contributed by atoms with Crippen LogP contribution in [0.25, 0.3) is 11.3 Å². The van der Waals surface area contributed by atoms with Crippen LogP contribution in [-0.2, 0) is 0 Å². The zero-order valence-corrected chi connectivity index (χ0v) is 15.1. The molecule has 0 radical (unpaired) electrons. The number of nitrogens with two attached hydrogens (primary N) is 1. The Morgan fingerprint density at radius 2 is 1.96 bits per heavy atom. The van der Waals surface area contributed by atoms with Crippen LogP contribution >= 0.6 is 22.9 Å². The number of amides is 1. The summed E-state index contributed by atoms with van der Waals surface area (Å²) in [5, 5.41) is 12.7. The molecule has 7 nitrogen and oxygen atoms in total. The Morgan fingerprint density at radius 1 is 1.27 bits per heavy atom. The van der Waals surface area contributed by atoms with Gasteiger partial charge >= 0.3 is 0 Å². The summed E-state index contributed by atoms with van der Waals surface area (Å²) in [6.07, 6.45) is 0. The summed E-state index contributed by atoms with van der Waals surface area (Å²) in [6.45, 7) is 1.82. The average Bonchev–Trinajstić information content (AvgIpc) is 3.03. The first-order valence-electron chi connectivity index (χ1n) is 7.44. The maximum atomic E-state index is 12.5. The first-order valence-corrected chi connectivity index (χ1v) is 8.63. The minimum Gasteiger partial charge on any atom is -0.267 e. The number of nitro groups is 1. The molecule has 26 heavy (non-hydrogen) atoms. The van der Waals surface area contributed by atoms with Crippen molar-refractivity contribution in [1.82, 2.24) is 4.98 Å². The van der Waals surface area contributed by atoms with Crippen LogP contribution in [0, 0.1) is 17.0 Å². The zero-order valence-electron chi connectivity index (χ0n) is 13.5. The molecule has 9 heteroatoms. The number of aromatic nitrogens is 1. The van der Waals surface area contributed by atoms with Gasteiger partial charge in [0.25, 0.3) is 11.6 Å². The van der Waals surface area contributed by atoms with Crippen molar-refractivity contribution in [1.29, 1.82) is 0 Å². The van der Waals surface area contributed by atoms with E-state index in [2.05, 4.69) is 4.98 Å². The summed E-state index contributed by atoms with van der Waals surface area (Å²) in [4.78, 5) is 28.2. The lowest BCUT2D eigenvalue weighted by Crippen LogP contribution is -2.37. The fourth-order valence-electron chi connectivity index (χ4n) is 2.34. The number of nitro benzene ring substituents is 1. The summed E-state index contributed by atoms with van der Waals surface area (Å²) in [5.74, 6) is 5.51. The predicted molar refractivity (Wildman–Crippen MR) is 101 cm³/mol. The number of rotatable bonds is 4. The number of non-ortho nitro benzene ring substituents is 1. The van der Waals surface area contributed by atoms with Gasteiger partial charge < -0.3 is 0 Å². The number of hydrogen-bond acceptors (Lipinski definition) is 6. The molecule has 0 bridgehead atoms. The summed E-state index contributed by atoms with van der Waals surface area (Å²) >= 11 is 7.06. The van der Waals surface area contributed by atoms with E-state index >= 15 is 0 Å². The van der Waals surface area contributed by atoms with Crippen LogP contribution in [0.15, 0.2) is 48.5 Å². The Balaban J connectivity index is 1.92. The lowest BCUT2D eigenvalue weighted by molar-refractivity contribution is -0.384. The number of carbonyl (C=O) groups is 1. The van der Waals surface area contributed by atoms with Gasteiger partial charge in [-0.3, -0.25) is 14.9 Å². The fraction of sp³-hybridized carbons (Fsp3) is 0.0588. The van der Waals surface area contributed by atoms with Crippen LogP contribution < -0.4 is 10.9 Å². The number of thiazole rings is 1. The van der Waals surface area contributed by atoms with E-state index in [1.807, 2.05) is 6.92 Å². The Hall–Kier alpha value is -2.81. The molecule has 2 N–H and O–H groups in total. The SMILES string of the molecule is Cc1sc(N(N)C(=O)c2ccc(Cl)cc2)nc1-c1cccc([N+](=O)[O-])c1. The molecule has 1 amide bonds. The van der Waals surface area contributed by atoms with Crippen molar-refractivity contribution in [3.05, 3.63) is 74.1 Å². The molecule has 0 fully saturated rings. The van der Waals surface area contributed by atoms with Crippen LogP contribution in [0.2, 0.25) is 5.02 Å². The van der Waals surface area contributed by atoms with Gasteiger partial charge in [0.2, 0.25) is 5.13 Å². The van der Waals surface area contributed by atoms with Crippen LogP contribution in [0.5, 0.6) is 0 Å². The van der Waals surface area contributed by atoms with Crippen LogP contribution in [-0.4, -0.2) is 15.8 Å². The molecule has 0 atom stereocenters. The normalized spacial score (nSPS) is 10.6. The molecule has 0 unspecified atom stereocenters. The van der Waals surface area contributed by atoms with Crippen molar-refractivity contribution in [3.63, 3.8) is 0 Å². The highest BCUT2D eigenvalue weighted by Crippen LogP contribution is 2.33. The van der Waals surface area contributed by atoms with E-state index in [1.165, 1.54) is 23.5 Å². The summed E-state index contributed by atoms with van der Waals surface area (Å²) in [7, 11) is 0. The number of hydrazine groups is 1. The monoisotopic (exact) mass is 388 g/mol. The van der Waals surface area contributed by atoms with Crippen molar-refractivity contribution in [2.24, 2.45) is 5.84 Å². The number of halogens is 1. The Bertz CT molecular complexity index is 988. The van der Waals surface area contributed by atoms with Gasteiger partial charge in [-0.15, -0.1) is 0 Å². The summed E-state index contributed by atoms with van der Waals surface area (Å²) < 4.78 is 0. The fourth-order valence-corrected chi connectivity index (χ4v) is 3.32. The zero-order chi connectivity index (χ0) is 18.8. The minimum atomic E-state index is -0.467. The molecule has 0 aliphatic carbocycles. The first kappa shape index (κ1) is 18.0. The second-order valence-corrected chi connectivity index (χ2v) is 7.01. The van der Waals surface area contributed by atoms with Crippen molar-refractivity contribution in [2.45, 2.75) is 6.92 Å². The van der Waals surface area contributed by atoms with Crippen molar-refractivity contribution in [3.8, 4) is 11.3 Å². The Morgan fingerprint density at radius 3 is 2.62 bits per heavy atom. The minimum absolute atomic E-state index is 0.0294. The predicted octanol–water partition coefficient (Wildman–Crippen LogP) is 4.20. The Kier molecular flexibility index (Phi) is 4.99. The highest BCUT2D eigenvalue weighted by atomic mass is 35.5. The molecule has 3 aromatic rings. The van der Waals surface area contributed by atoms with E-state index in [1.54, 1.807) is 36.4 Å². The van der Waals surface area contributed by atoms with Crippen LogP contribution in [0.1, 0.15) is 15.2 Å². The third-order valence-electron chi connectivity index (χ3n) is 3.63. The molecule has 0 aliphatic rings. The second kappa shape index (κ2) is 7.20. The topological polar surface area (TPSA) is 102 Å². The third kappa shape index (κ3) is 3.57. The molecular formula is C17H13ClN4O3S. The molecule has 1 heterocycles. The van der Waals surface area contributed by atoms with Gasteiger partial charge in [-0.1, -0.05) is 35.1 Å². The van der Waals surface area contributed by atoms with Crippen molar-refractivity contribution < 1.29 is 9.72 Å². The van der Waals surface area contributed by atoms with E-state index in [0.29, 0.717) is 27.0 Å². The van der Waals surface area contributed by atoms with E-state index in [9.17, 15) is 14.9 Å². The van der Waals surface area contributed by atoms with Crippen LogP contribution in [0.4, 0.5) is 10.8 Å². The summed E-state index contributed by atoms with van der Waals surface area (Å²) in [6, 6.07) is 12.5. The molecule has 3 rings (SSSR count). The first-order chi connectivity index (χ1) is 12.4. The molecule has 0 saturated heterocycles. The third-order valence-corrected chi connectivity index (χ3v) is 4.85. The van der Waals surface area contributed by atoms with E-state index in [4.69, 9.17) is 17.4 Å². The van der Waals surface area contributed by atoms with Gasteiger partial charge in [-0.2, -0.15) is 0 Å².